The summed E-state index contributed by atoms with van der Waals surface area (Å²) in [6.45, 7) is 7.15. The summed E-state index contributed by atoms with van der Waals surface area (Å²) in [6, 6.07) is 0.444. The molecule has 0 aromatic rings. The molecule has 2 atom stereocenters. The highest BCUT2D eigenvalue weighted by molar-refractivity contribution is 4.97. The van der Waals surface area contributed by atoms with E-state index in [4.69, 9.17) is 5.73 Å². The van der Waals surface area contributed by atoms with Gasteiger partial charge in [0.2, 0.25) is 0 Å². The molecular weight excluding hydrogens is 160 g/mol. The summed E-state index contributed by atoms with van der Waals surface area (Å²) in [5.41, 5.74) is 6.55. The standard InChI is InChI=1S/C11H22N2/c1-9-8-13(7-4-10(9)12)11(2)5-3-6-11/h9-10H,3-8,12H2,1-2H3. The lowest BCUT2D eigenvalue weighted by Gasteiger charge is -2.51. The third-order valence-corrected chi connectivity index (χ3v) is 4.17. The zero-order chi connectivity index (χ0) is 9.47. The largest absolute Gasteiger partial charge is 0.327 e. The number of piperidine rings is 1. The predicted octanol–water partition coefficient (Wildman–Crippen LogP) is 1.60. The summed E-state index contributed by atoms with van der Waals surface area (Å²) >= 11 is 0. The van der Waals surface area contributed by atoms with Crippen LogP contribution in [0.5, 0.6) is 0 Å². The highest BCUT2D eigenvalue weighted by Gasteiger charge is 2.40. The topological polar surface area (TPSA) is 29.3 Å². The number of rotatable bonds is 1. The van der Waals surface area contributed by atoms with Crippen molar-refractivity contribution in [2.24, 2.45) is 11.7 Å². The Morgan fingerprint density at radius 3 is 2.54 bits per heavy atom. The van der Waals surface area contributed by atoms with Gasteiger partial charge in [0.1, 0.15) is 0 Å². The maximum Gasteiger partial charge on any atom is 0.0181 e. The zero-order valence-corrected chi connectivity index (χ0v) is 8.92. The van der Waals surface area contributed by atoms with Crippen LogP contribution in [0.4, 0.5) is 0 Å². The molecule has 76 valence electrons. The molecule has 0 spiro atoms. The molecule has 2 rings (SSSR count). The molecule has 1 saturated heterocycles. The number of nitrogens with two attached hydrogens (primary N) is 1. The number of hydrogen-bond acceptors (Lipinski definition) is 2. The molecule has 13 heavy (non-hydrogen) atoms. The Labute approximate surface area is 81.5 Å². The summed E-state index contributed by atoms with van der Waals surface area (Å²) in [7, 11) is 0. The van der Waals surface area contributed by atoms with Gasteiger partial charge in [0.15, 0.2) is 0 Å². The van der Waals surface area contributed by atoms with E-state index in [9.17, 15) is 0 Å². The first-order valence-electron chi connectivity index (χ1n) is 5.62. The third-order valence-electron chi connectivity index (χ3n) is 4.17. The van der Waals surface area contributed by atoms with Crippen LogP contribution < -0.4 is 5.73 Å². The van der Waals surface area contributed by atoms with E-state index in [0.29, 0.717) is 17.5 Å². The van der Waals surface area contributed by atoms with Gasteiger partial charge in [-0.05, 0) is 38.5 Å². The third kappa shape index (κ3) is 1.62. The van der Waals surface area contributed by atoms with E-state index < -0.39 is 0 Å². The van der Waals surface area contributed by atoms with E-state index in [1.165, 1.54) is 38.8 Å². The molecule has 2 nitrogen and oxygen atoms in total. The molecule has 2 N–H and O–H groups in total. The van der Waals surface area contributed by atoms with Gasteiger partial charge in [-0.15, -0.1) is 0 Å². The van der Waals surface area contributed by atoms with Crippen molar-refractivity contribution < 1.29 is 0 Å². The van der Waals surface area contributed by atoms with Crippen LogP contribution in [0.3, 0.4) is 0 Å². The van der Waals surface area contributed by atoms with Crippen LogP contribution in [0.1, 0.15) is 39.5 Å². The summed E-state index contributed by atoms with van der Waals surface area (Å²) in [5, 5.41) is 0. The van der Waals surface area contributed by atoms with E-state index in [2.05, 4.69) is 18.7 Å². The van der Waals surface area contributed by atoms with Gasteiger partial charge in [-0.25, -0.2) is 0 Å². The molecule has 2 heteroatoms. The summed E-state index contributed by atoms with van der Waals surface area (Å²) in [4.78, 5) is 2.67. The lowest BCUT2D eigenvalue weighted by molar-refractivity contribution is -0.00277. The second-order valence-electron chi connectivity index (χ2n) is 5.23. The zero-order valence-electron chi connectivity index (χ0n) is 8.92. The average Bonchev–Trinajstić information content (AvgIpc) is 2.06. The van der Waals surface area contributed by atoms with Crippen LogP contribution in [0, 0.1) is 5.92 Å². The number of nitrogens with zero attached hydrogens (tertiary/aromatic N) is 1. The Bertz CT molecular complexity index is 187. The Morgan fingerprint density at radius 2 is 2.08 bits per heavy atom. The van der Waals surface area contributed by atoms with Crippen molar-refractivity contribution in [1.82, 2.24) is 4.90 Å². The molecule has 1 aliphatic heterocycles. The molecule has 0 bridgehead atoms. The average molecular weight is 182 g/mol. The molecule has 1 aliphatic carbocycles. The van der Waals surface area contributed by atoms with Crippen LogP contribution in [0.25, 0.3) is 0 Å². The maximum absolute atomic E-state index is 6.02. The minimum Gasteiger partial charge on any atom is -0.327 e. The fourth-order valence-corrected chi connectivity index (χ4v) is 2.66. The Kier molecular flexibility index (Phi) is 2.37. The number of hydrogen-bond donors (Lipinski definition) is 1. The second kappa shape index (κ2) is 3.25. The fraction of sp³-hybridized carbons (Fsp3) is 1.00. The lowest BCUT2D eigenvalue weighted by Crippen LogP contribution is -2.58. The molecule has 2 aliphatic rings. The van der Waals surface area contributed by atoms with Crippen LogP contribution in [-0.4, -0.2) is 29.6 Å². The van der Waals surface area contributed by atoms with Gasteiger partial charge in [-0.3, -0.25) is 4.90 Å². The van der Waals surface area contributed by atoms with Gasteiger partial charge in [0, 0.05) is 24.7 Å². The van der Waals surface area contributed by atoms with Crippen molar-refractivity contribution in [3.63, 3.8) is 0 Å². The molecule has 1 saturated carbocycles. The van der Waals surface area contributed by atoms with E-state index in [1.807, 2.05) is 0 Å². The first-order chi connectivity index (χ1) is 6.12. The molecule has 0 aromatic carbocycles. The molecular formula is C11H22N2. The first-order valence-corrected chi connectivity index (χ1v) is 5.62. The van der Waals surface area contributed by atoms with Crippen molar-refractivity contribution in [1.29, 1.82) is 0 Å². The molecule has 1 heterocycles. The Balaban J connectivity index is 1.94. The maximum atomic E-state index is 6.02. The van der Waals surface area contributed by atoms with Crippen molar-refractivity contribution in [3.8, 4) is 0 Å². The number of likely N-dealkylation sites (tertiary alicyclic amines) is 1. The first kappa shape index (κ1) is 9.47. The highest BCUT2D eigenvalue weighted by atomic mass is 15.2. The van der Waals surface area contributed by atoms with Gasteiger partial charge in [-0.1, -0.05) is 6.92 Å². The van der Waals surface area contributed by atoms with E-state index in [-0.39, 0.29) is 0 Å². The van der Waals surface area contributed by atoms with E-state index in [1.54, 1.807) is 0 Å². The Morgan fingerprint density at radius 1 is 1.38 bits per heavy atom. The molecule has 0 aromatic heterocycles. The highest BCUT2D eigenvalue weighted by Crippen LogP contribution is 2.39. The minimum atomic E-state index is 0.444. The van der Waals surface area contributed by atoms with E-state index in [0.717, 1.165) is 0 Å². The van der Waals surface area contributed by atoms with E-state index >= 15 is 0 Å². The monoisotopic (exact) mass is 182 g/mol. The van der Waals surface area contributed by atoms with Gasteiger partial charge in [-0.2, -0.15) is 0 Å². The molecule has 2 fully saturated rings. The van der Waals surface area contributed by atoms with Crippen molar-refractivity contribution in [2.45, 2.75) is 51.1 Å². The minimum absolute atomic E-state index is 0.444. The smallest absolute Gasteiger partial charge is 0.0181 e. The van der Waals surface area contributed by atoms with Gasteiger partial charge in [0.25, 0.3) is 0 Å². The fourth-order valence-electron chi connectivity index (χ4n) is 2.66. The summed E-state index contributed by atoms with van der Waals surface area (Å²) < 4.78 is 0. The van der Waals surface area contributed by atoms with Crippen LogP contribution >= 0.6 is 0 Å². The quantitative estimate of drug-likeness (QED) is 0.667. The summed E-state index contributed by atoms with van der Waals surface area (Å²) in [5.74, 6) is 0.686. The van der Waals surface area contributed by atoms with Gasteiger partial charge < -0.3 is 5.73 Å². The van der Waals surface area contributed by atoms with Crippen LogP contribution in [0.15, 0.2) is 0 Å². The van der Waals surface area contributed by atoms with Crippen LogP contribution in [0.2, 0.25) is 0 Å². The lowest BCUT2D eigenvalue weighted by atomic mass is 9.75. The normalized spacial score (nSPS) is 39.9. The molecule has 2 unspecified atom stereocenters. The van der Waals surface area contributed by atoms with Crippen molar-refractivity contribution >= 4 is 0 Å². The van der Waals surface area contributed by atoms with Crippen LogP contribution in [-0.2, 0) is 0 Å². The van der Waals surface area contributed by atoms with Crippen molar-refractivity contribution in [3.05, 3.63) is 0 Å². The second-order valence-corrected chi connectivity index (χ2v) is 5.23. The van der Waals surface area contributed by atoms with Gasteiger partial charge in [0.05, 0.1) is 0 Å². The van der Waals surface area contributed by atoms with Gasteiger partial charge >= 0.3 is 0 Å². The predicted molar refractivity (Wildman–Crippen MR) is 55.6 cm³/mol. The Hall–Kier alpha value is -0.0800. The summed E-state index contributed by atoms with van der Waals surface area (Å²) in [6.07, 6.45) is 5.41. The van der Waals surface area contributed by atoms with Crippen molar-refractivity contribution in [2.75, 3.05) is 13.1 Å². The molecule has 0 radical (unpaired) electrons. The molecule has 0 amide bonds. The SMILES string of the molecule is CC1CN(C2(C)CCC2)CCC1N.